The molecule has 0 radical (unpaired) electrons. The molecule has 0 N–H and O–H groups in total. The second kappa shape index (κ2) is 5.08. The van der Waals surface area contributed by atoms with Gasteiger partial charge in [0.2, 0.25) is 0 Å². The lowest BCUT2D eigenvalue weighted by Gasteiger charge is -2.04. The second-order valence-electron chi connectivity index (χ2n) is 4.06. The second-order valence-corrected chi connectivity index (χ2v) is 7.38. The fourth-order valence-electron chi connectivity index (χ4n) is 1.79. The van der Waals surface area contributed by atoms with Gasteiger partial charge in [0, 0.05) is 11.6 Å². The average Bonchev–Trinajstić information content (AvgIpc) is 2.91. The van der Waals surface area contributed by atoms with E-state index in [1.807, 2.05) is 0 Å². The standard InChI is InChI=1S/C12H8ClN3O2S2/c13-10-3-4-14-11-5-8(1-2-9(10)11)20(17,18)6-12-16-15-7-19-12/h1-5,7H,6H2. The normalized spacial score (nSPS) is 11.8. The molecule has 0 saturated heterocycles. The van der Waals surface area contributed by atoms with E-state index in [1.54, 1.807) is 18.3 Å². The maximum absolute atomic E-state index is 12.3. The summed E-state index contributed by atoms with van der Waals surface area (Å²) in [5, 5.41) is 9.12. The number of nitrogens with zero attached hydrogens (tertiary/aromatic N) is 3. The molecule has 0 aliphatic rings. The number of sulfone groups is 1. The average molecular weight is 326 g/mol. The predicted molar refractivity (Wildman–Crippen MR) is 77.6 cm³/mol. The van der Waals surface area contributed by atoms with Crippen molar-refractivity contribution in [2.75, 3.05) is 0 Å². The van der Waals surface area contributed by atoms with Gasteiger partial charge in [-0.25, -0.2) is 8.42 Å². The molecule has 3 aromatic rings. The minimum absolute atomic E-state index is 0.163. The van der Waals surface area contributed by atoms with E-state index in [-0.39, 0.29) is 10.6 Å². The van der Waals surface area contributed by atoms with Gasteiger partial charge in [-0.15, -0.1) is 21.5 Å². The Balaban J connectivity index is 2.05. The topological polar surface area (TPSA) is 72.8 Å². The van der Waals surface area contributed by atoms with Crippen LogP contribution in [-0.2, 0) is 15.6 Å². The lowest BCUT2D eigenvalue weighted by molar-refractivity contribution is 0.595. The monoisotopic (exact) mass is 325 g/mol. The quantitative estimate of drug-likeness (QED) is 0.740. The van der Waals surface area contributed by atoms with Gasteiger partial charge in [0.15, 0.2) is 9.84 Å². The number of aromatic nitrogens is 3. The van der Waals surface area contributed by atoms with Crippen LogP contribution in [0.2, 0.25) is 5.02 Å². The van der Waals surface area contributed by atoms with Gasteiger partial charge in [0.1, 0.15) is 16.3 Å². The summed E-state index contributed by atoms with van der Waals surface area (Å²) in [6.07, 6.45) is 1.55. The highest BCUT2D eigenvalue weighted by Gasteiger charge is 2.18. The Hall–Kier alpha value is -1.57. The van der Waals surface area contributed by atoms with Gasteiger partial charge < -0.3 is 0 Å². The van der Waals surface area contributed by atoms with Gasteiger partial charge >= 0.3 is 0 Å². The molecule has 102 valence electrons. The predicted octanol–water partition coefficient (Wildman–Crippen LogP) is 2.71. The third-order valence-corrected chi connectivity index (χ3v) is 5.57. The summed E-state index contributed by atoms with van der Waals surface area (Å²) in [6, 6.07) is 6.39. The van der Waals surface area contributed by atoms with Crippen LogP contribution in [0.1, 0.15) is 5.01 Å². The third-order valence-electron chi connectivity index (χ3n) is 2.74. The molecule has 1 aromatic carbocycles. The summed E-state index contributed by atoms with van der Waals surface area (Å²) >= 11 is 7.25. The fourth-order valence-corrected chi connectivity index (χ4v) is 4.17. The number of hydrogen-bond acceptors (Lipinski definition) is 6. The highest BCUT2D eigenvalue weighted by atomic mass is 35.5. The highest BCUT2D eigenvalue weighted by Crippen LogP contribution is 2.25. The third kappa shape index (κ3) is 2.52. The lowest BCUT2D eigenvalue weighted by atomic mass is 10.2. The van der Waals surface area contributed by atoms with E-state index in [9.17, 15) is 8.42 Å². The lowest BCUT2D eigenvalue weighted by Crippen LogP contribution is -2.05. The minimum Gasteiger partial charge on any atom is -0.256 e. The molecule has 5 nitrogen and oxygen atoms in total. The largest absolute Gasteiger partial charge is 0.256 e. The molecule has 0 amide bonds. The van der Waals surface area contributed by atoms with Crippen LogP contribution in [0.15, 0.2) is 40.9 Å². The molecule has 3 rings (SSSR count). The summed E-state index contributed by atoms with van der Waals surface area (Å²) in [6.45, 7) is 0. The van der Waals surface area contributed by atoms with Crippen molar-refractivity contribution in [1.29, 1.82) is 0 Å². The van der Waals surface area contributed by atoms with Crippen molar-refractivity contribution in [1.82, 2.24) is 15.2 Å². The van der Waals surface area contributed by atoms with Crippen LogP contribution in [0.5, 0.6) is 0 Å². The minimum atomic E-state index is -3.46. The molecule has 0 saturated carbocycles. The van der Waals surface area contributed by atoms with E-state index >= 15 is 0 Å². The Morgan fingerprint density at radius 3 is 2.85 bits per heavy atom. The Morgan fingerprint density at radius 1 is 1.25 bits per heavy atom. The molecule has 2 heterocycles. The van der Waals surface area contributed by atoms with Gasteiger partial charge in [-0.2, -0.15) is 0 Å². The van der Waals surface area contributed by atoms with E-state index < -0.39 is 9.84 Å². The molecule has 0 spiro atoms. The zero-order valence-corrected chi connectivity index (χ0v) is 12.4. The number of hydrogen-bond donors (Lipinski definition) is 0. The first-order valence-corrected chi connectivity index (χ1v) is 8.49. The molecule has 8 heteroatoms. The Bertz CT molecular complexity index is 864. The van der Waals surface area contributed by atoms with Gasteiger partial charge in [-0.05, 0) is 18.2 Å². The van der Waals surface area contributed by atoms with Crippen molar-refractivity contribution >= 4 is 43.7 Å². The summed E-state index contributed by atoms with van der Waals surface area (Å²) in [5.74, 6) is -0.163. The Morgan fingerprint density at radius 2 is 2.10 bits per heavy atom. The fraction of sp³-hybridized carbons (Fsp3) is 0.0833. The Kier molecular flexibility index (Phi) is 3.41. The summed E-state index contributed by atoms with van der Waals surface area (Å²) in [7, 11) is -3.46. The van der Waals surface area contributed by atoms with E-state index in [0.717, 1.165) is 5.39 Å². The number of pyridine rings is 1. The van der Waals surface area contributed by atoms with Crippen LogP contribution in [-0.4, -0.2) is 23.6 Å². The molecule has 20 heavy (non-hydrogen) atoms. The van der Waals surface area contributed by atoms with Crippen LogP contribution in [0.3, 0.4) is 0 Å². The van der Waals surface area contributed by atoms with E-state index in [0.29, 0.717) is 15.5 Å². The van der Waals surface area contributed by atoms with Gasteiger partial charge in [0.05, 0.1) is 15.4 Å². The number of fused-ring (bicyclic) bond motifs is 1. The molecule has 0 unspecified atom stereocenters. The smallest absolute Gasteiger partial charge is 0.185 e. The Labute approximate surface area is 124 Å². The van der Waals surface area contributed by atoms with Gasteiger partial charge in [0.25, 0.3) is 0 Å². The van der Waals surface area contributed by atoms with Crippen molar-refractivity contribution in [2.24, 2.45) is 0 Å². The van der Waals surface area contributed by atoms with Crippen molar-refractivity contribution in [2.45, 2.75) is 10.6 Å². The first kappa shape index (κ1) is 13.4. The van der Waals surface area contributed by atoms with Crippen molar-refractivity contribution in [3.05, 3.63) is 46.0 Å². The van der Waals surface area contributed by atoms with Crippen molar-refractivity contribution < 1.29 is 8.42 Å². The molecule has 0 aliphatic carbocycles. The summed E-state index contributed by atoms with van der Waals surface area (Å²) in [4.78, 5) is 4.34. The first-order chi connectivity index (χ1) is 9.56. The maximum Gasteiger partial charge on any atom is 0.185 e. The van der Waals surface area contributed by atoms with Crippen molar-refractivity contribution in [3.8, 4) is 0 Å². The van der Waals surface area contributed by atoms with Gasteiger partial charge in [-0.3, -0.25) is 4.98 Å². The van der Waals surface area contributed by atoms with E-state index in [2.05, 4.69) is 15.2 Å². The molecular formula is C12H8ClN3O2S2. The number of rotatable bonds is 3. The molecular weight excluding hydrogens is 318 g/mol. The highest BCUT2D eigenvalue weighted by molar-refractivity contribution is 7.90. The molecule has 0 bridgehead atoms. The summed E-state index contributed by atoms with van der Waals surface area (Å²) in [5.41, 5.74) is 2.06. The molecule has 2 aromatic heterocycles. The SMILES string of the molecule is O=S(=O)(Cc1nncs1)c1ccc2c(Cl)ccnc2c1. The van der Waals surface area contributed by atoms with Crippen LogP contribution >= 0.6 is 22.9 Å². The molecule has 0 fully saturated rings. The van der Waals surface area contributed by atoms with E-state index in [1.165, 1.54) is 29.0 Å². The summed E-state index contributed by atoms with van der Waals surface area (Å²) < 4.78 is 24.6. The van der Waals surface area contributed by atoms with Crippen molar-refractivity contribution in [3.63, 3.8) is 0 Å². The van der Waals surface area contributed by atoms with Crippen LogP contribution in [0, 0.1) is 0 Å². The number of benzene rings is 1. The van der Waals surface area contributed by atoms with Crippen LogP contribution in [0.4, 0.5) is 0 Å². The molecule has 0 atom stereocenters. The van der Waals surface area contributed by atoms with Crippen LogP contribution < -0.4 is 0 Å². The van der Waals surface area contributed by atoms with E-state index in [4.69, 9.17) is 11.6 Å². The molecule has 0 aliphatic heterocycles. The van der Waals surface area contributed by atoms with Gasteiger partial charge in [-0.1, -0.05) is 17.7 Å². The van der Waals surface area contributed by atoms with Crippen LogP contribution in [0.25, 0.3) is 10.9 Å². The first-order valence-electron chi connectivity index (χ1n) is 5.58. The zero-order valence-electron chi connectivity index (χ0n) is 10.0. The number of halogens is 1. The zero-order chi connectivity index (χ0) is 14.2. The maximum atomic E-state index is 12.3.